The highest BCUT2D eigenvalue weighted by molar-refractivity contribution is 7.89. The van der Waals surface area contributed by atoms with Crippen molar-refractivity contribution >= 4 is 15.9 Å². The minimum absolute atomic E-state index is 0.114. The van der Waals surface area contributed by atoms with Crippen molar-refractivity contribution in [2.24, 2.45) is 0 Å². The summed E-state index contributed by atoms with van der Waals surface area (Å²) in [5, 5.41) is 10.4. The van der Waals surface area contributed by atoms with Crippen LogP contribution >= 0.6 is 0 Å². The molecular weight excluding hydrogens is 436 g/mol. The molecule has 1 aliphatic rings. The lowest BCUT2D eigenvalue weighted by Crippen LogP contribution is -2.40. The highest BCUT2D eigenvalue weighted by atomic mass is 32.2. The van der Waals surface area contributed by atoms with Crippen LogP contribution in [-0.2, 0) is 21.3 Å². The van der Waals surface area contributed by atoms with Crippen molar-refractivity contribution < 1.29 is 27.1 Å². The molecule has 1 amide bonds. The van der Waals surface area contributed by atoms with Crippen LogP contribution in [-0.4, -0.2) is 62.2 Å². The highest BCUT2D eigenvalue weighted by Crippen LogP contribution is 2.23. The number of aromatic nitrogens is 2. The van der Waals surface area contributed by atoms with Gasteiger partial charge >= 0.3 is 11.8 Å². The first kappa shape index (κ1) is 21.9. The Morgan fingerprint density at radius 2 is 1.81 bits per heavy atom. The molecule has 1 saturated heterocycles. The molecule has 0 saturated carbocycles. The minimum Gasteiger partial charge on any atom is -0.496 e. The Kier molecular flexibility index (Phi) is 6.49. The maximum absolute atomic E-state index is 12.7. The molecule has 11 heteroatoms. The van der Waals surface area contributed by atoms with Crippen LogP contribution in [0.25, 0.3) is 11.5 Å². The van der Waals surface area contributed by atoms with E-state index in [1.165, 1.54) is 16.4 Å². The van der Waals surface area contributed by atoms with Crippen molar-refractivity contribution in [3.63, 3.8) is 0 Å². The van der Waals surface area contributed by atoms with Gasteiger partial charge in [0.2, 0.25) is 15.9 Å². The molecule has 3 aromatic rings. The van der Waals surface area contributed by atoms with Crippen LogP contribution < -0.4 is 10.1 Å². The zero-order valence-electron chi connectivity index (χ0n) is 17.4. The highest BCUT2D eigenvalue weighted by Gasteiger charge is 2.26. The van der Waals surface area contributed by atoms with Crippen LogP contribution in [0, 0.1) is 0 Å². The Hall–Kier alpha value is -3.28. The third-order valence-corrected chi connectivity index (χ3v) is 6.87. The smallest absolute Gasteiger partial charge is 0.309 e. The molecule has 0 radical (unpaired) electrons. The number of amides is 1. The Morgan fingerprint density at radius 3 is 2.53 bits per heavy atom. The normalized spacial score (nSPS) is 14.8. The van der Waals surface area contributed by atoms with E-state index in [0.717, 1.165) is 5.56 Å². The minimum atomic E-state index is -3.60. The monoisotopic (exact) mass is 458 g/mol. The van der Waals surface area contributed by atoms with Gasteiger partial charge in [-0.1, -0.05) is 18.2 Å². The molecule has 1 fully saturated rings. The molecular formula is C21H22N4O6S. The lowest BCUT2D eigenvalue weighted by atomic mass is 10.2. The topological polar surface area (TPSA) is 124 Å². The van der Waals surface area contributed by atoms with Gasteiger partial charge in [-0.05, 0) is 30.3 Å². The summed E-state index contributed by atoms with van der Waals surface area (Å²) in [6, 6.07) is 13.4. The van der Waals surface area contributed by atoms with Crippen LogP contribution in [0.4, 0.5) is 0 Å². The quantitative estimate of drug-likeness (QED) is 0.567. The van der Waals surface area contributed by atoms with E-state index in [-0.39, 0.29) is 23.2 Å². The van der Waals surface area contributed by atoms with Gasteiger partial charge in [0.1, 0.15) is 5.75 Å². The first-order chi connectivity index (χ1) is 15.5. The van der Waals surface area contributed by atoms with Crippen LogP contribution in [0.3, 0.4) is 0 Å². The van der Waals surface area contributed by atoms with E-state index in [4.69, 9.17) is 13.9 Å². The first-order valence-corrected chi connectivity index (χ1v) is 11.3. The number of methoxy groups -OCH3 is 1. The Bertz CT molecular complexity index is 1190. The number of nitrogens with one attached hydrogen (secondary N) is 1. The number of rotatable bonds is 7. The molecule has 10 nitrogen and oxygen atoms in total. The average molecular weight is 458 g/mol. The van der Waals surface area contributed by atoms with E-state index in [9.17, 15) is 13.2 Å². The fraction of sp³-hybridized carbons (Fsp3) is 0.286. The van der Waals surface area contributed by atoms with Gasteiger partial charge in [0.15, 0.2) is 0 Å². The number of hydrogen-bond acceptors (Lipinski definition) is 8. The average Bonchev–Trinajstić information content (AvgIpc) is 3.34. The lowest BCUT2D eigenvalue weighted by Gasteiger charge is -2.26. The Labute approximate surface area is 185 Å². The second-order valence-electron chi connectivity index (χ2n) is 6.95. The third-order valence-electron chi connectivity index (χ3n) is 4.96. The zero-order chi connectivity index (χ0) is 22.6. The number of sulfonamides is 1. The van der Waals surface area contributed by atoms with E-state index in [1.807, 2.05) is 18.2 Å². The van der Waals surface area contributed by atoms with E-state index < -0.39 is 15.9 Å². The van der Waals surface area contributed by atoms with Crippen molar-refractivity contribution in [1.29, 1.82) is 0 Å². The third kappa shape index (κ3) is 4.64. The summed E-state index contributed by atoms with van der Waals surface area (Å²) in [5.74, 6) is 0.0509. The molecule has 0 spiro atoms. The van der Waals surface area contributed by atoms with Crippen molar-refractivity contribution in [1.82, 2.24) is 19.8 Å². The predicted molar refractivity (Wildman–Crippen MR) is 113 cm³/mol. The van der Waals surface area contributed by atoms with Crippen molar-refractivity contribution in [3.05, 3.63) is 60.0 Å². The van der Waals surface area contributed by atoms with Crippen molar-refractivity contribution in [3.8, 4) is 17.2 Å². The van der Waals surface area contributed by atoms with E-state index in [1.54, 1.807) is 25.3 Å². The summed E-state index contributed by atoms with van der Waals surface area (Å²) in [7, 11) is -2.04. The van der Waals surface area contributed by atoms with Gasteiger partial charge in [-0.15, -0.1) is 10.2 Å². The number of carbonyl (C=O) groups excluding carboxylic acids is 1. The zero-order valence-corrected chi connectivity index (χ0v) is 18.2. The molecule has 0 atom stereocenters. The summed E-state index contributed by atoms with van der Waals surface area (Å²) in [6.45, 7) is 1.62. The molecule has 4 rings (SSSR count). The molecule has 1 aliphatic heterocycles. The summed E-state index contributed by atoms with van der Waals surface area (Å²) in [5.41, 5.74) is 1.31. The lowest BCUT2D eigenvalue weighted by molar-refractivity contribution is 0.0730. The van der Waals surface area contributed by atoms with Gasteiger partial charge in [0.05, 0.1) is 25.2 Å². The molecule has 1 aromatic heterocycles. The number of morpholine rings is 1. The van der Waals surface area contributed by atoms with Gasteiger partial charge < -0.3 is 19.2 Å². The summed E-state index contributed by atoms with van der Waals surface area (Å²) >= 11 is 0. The van der Waals surface area contributed by atoms with E-state index in [2.05, 4.69) is 15.5 Å². The van der Waals surface area contributed by atoms with E-state index >= 15 is 0 Å². The fourth-order valence-electron chi connectivity index (χ4n) is 3.24. The molecule has 2 aromatic carbocycles. The van der Waals surface area contributed by atoms with E-state index in [0.29, 0.717) is 37.6 Å². The van der Waals surface area contributed by atoms with Gasteiger partial charge in [-0.25, -0.2) is 8.42 Å². The Balaban J connectivity index is 1.43. The second kappa shape index (κ2) is 9.47. The number of carbonyl (C=O) groups is 1. The van der Waals surface area contributed by atoms with Gasteiger partial charge in [-0.2, -0.15) is 4.31 Å². The van der Waals surface area contributed by atoms with Crippen LogP contribution in [0.1, 0.15) is 16.2 Å². The molecule has 32 heavy (non-hydrogen) atoms. The van der Waals surface area contributed by atoms with Crippen LogP contribution in [0.2, 0.25) is 0 Å². The fourth-order valence-corrected chi connectivity index (χ4v) is 4.65. The van der Waals surface area contributed by atoms with Crippen LogP contribution in [0.5, 0.6) is 5.75 Å². The number of nitrogens with zero attached hydrogens (tertiary/aromatic N) is 3. The summed E-state index contributed by atoms with van der Waals surface area (Å²) in [6.07, 6.45) is 0. The van der Waals surface area contributed by atoms with Crippen molar-refractivity contribution in [2.75, 3.05) is 33.4 Å². The summed E-state index contributed by atoms with van der Waals surface area (Å²) in [4.78, 5) is 12.5. The second-order valence-corrected chi connectivity index (χ2v) is 8.89. The van der Waals surface area contributed by atoms with Crippen LogP contribution in [0.15, 0.2) is 57.8 Å². The molecule has 0 aliphatic carbocycles. The standard InChI is InChI=1S/C21H22N4O6S/c1-29-18-5-3-2-4-16(18)14-22-19(26)21-24-23-20(31-21)15-6-8-17(9-7-15)32(27,28)25-10-12-30-13-11-25/h2-9H,10-14H2,1H3,(H,22,26). The molecule has 0 bridgehead atoms. The van der Waals surface area contributed by atoms with Gasteiger partial charge in [0, 0.05) is 30.8 Å². The number of para-hydroxylation sites is 1. The summed E-state index contributed by atoms with van der Waals surface area (Å²) < 4.78 is 42.8. The maximum atomic E-state index is 12.7. The van der Waals surface area contributed by atoms with Gasteiger partial charge in [0.25, 0.3) is 0 Å². The molecule has 168 valence electrons. The molecule has 1 N–H and O–H groups in total. The first-order valence-electron chi connectivity index (χ1n) is 9.91. The maximum Gasteiger partial charge on any atom is 0.309 e. The predicted octanol–water partition coefficient (Wildman–Crippen LogP) is 1.70. The van der Waals surface area contributed by atoms with Gasteiger partial charge in [-0.3, -0.25) is 4.79 Å². The van der Waals surface area contributed by atoms with Crippen molar-refractivity contribution in [2.45, 2.75) is 11.4 Å². The number of benzene rings is 2. The SMILES string of the molecule is COc1ccccc1CNC(=O)c1nnc(-c2ccc(S(=O)(=O)N3CCOCC3)cc2)o1. The number of hydrogen-bond donors (Lipinski definition) is 1. The Morgan fingerprint density at radius 1 is 1.09 bits per heavy atom. The molecule has 0 unspecified atom stereocenters. The largest absolute Gasteiger partial charge is 0.496 e. The molecule has 2 heterocycles. The number of ether oxygens (including phenoxy) is 2.